The highest BCUT2D eigenvalue weighted by Gasteiger charge is 2.20. The molecule has 0 aliphatic rings. The van der Waals surface area contributed by atoms with E-state index < -0.39 is 24.1 Å². The molecule has 0 spiro atoms. The van der Waals surface area contributed by atoms with Crippen molar-refractivity contribution in [1.29, 1.82) is 0 Å². The van der Waals surface area contributed by atoms with Crippen LogP contribution in [-0.4, -0.2) is 41.9 Å². The number of amides is 2. The zero-order valence-corrected chi connectivity index (χ0v) is 14.7. The molecule has 1 aromatic heterocycles. The third-order valence-electron chi connectivity index (χ3n) is 2.89. The van der Waals surface area contributed by atoms with E-state index >= 15 is 0 Å². The van der Waals surface area contributed by atoms with Gasteiger partial charge in [-0.3, -0.25) is 14.9 Å². The minimum atomic E-state index is -1.07. The Labute approximate surface area is 146 Å². The monoisotopic (exact) mass is 368 g/mol. The van der Waals surface area contributed by atoms with Crippen LogP contribution in [0.3, 0.4) is 0 Å². The number of nitrogens with one attached hydrogen (secondary N) is 1. The number of benzene rings is 1. The number of aromatic nitrogens is 1. The maximum atomic E-state index is 11.7. The normalized spacial score (nSPS) is 11.8. The molecule has 1 aromatic carbocycles. The SMILES string of the molecule is COC(=O)NC(=O)[C@H](C)OC(=O)CCSc1nc2ccccc2s1. The molecule has 2 amide bonds. The van der Waals surface area contributed by atoms with E-state index in [0.717, 1.165) is 21.7 Å². The van der Waals surface area contributed by atoms with Crippen molar-refractivity contribution in [2.24, 2.45) is 0 Å². The average Bonchev–Trinajstić information content (AvgIpc) is 2.97. The molecular formula is C15H16N2O5S2. The fraction of sp³-hybridized carbons (Fsp3) is 0.333. The third kappa shape index (κ3) is 5.20. The summed E-state index contributed by atoms with van der Waals surface area (Å²) in [5, 5.41) is 1.94. The van der Waals surface area contributed by atoms with E-state index in [-0.39, 0.29) is 6.42 Å². The lowest BCUT2D eigenvalue weighted by Gasteiger charge is -2.11. The highest BCUT2D eigenvalue weighted by molar-refractivity contribution is 8.01. The number of thioether (sulfide) groups is 1. The number of carbonyl (C=O) groups is 3. The predicted octanol–water partition coefficient (Wildman–Crippen LogP) is 2.59. The van der Waals surface area contributed by atoms with Crippen LogP contribution in [0.4, 0.5) is 4.79 Å². The van der Waals surface area contributed by atoms with Crippen LogP contribution in [0.2, 0.25) is 0 Å². The topological polar surface area (TPSA) is 94.6 Å². The summed E-state index contributed by atoms with van der Waals surface area (Å²) >= 11 is 3.02. The van der Waals surface area contributed by atoms with Crippen molar-refractivity contribution in [2.45, 2.75) is 23.8 Å². The summed E-state index contributed by atoms with van der Waals surface area (Å²) in [5.41, 5.74) is 0.931. The van der Waals surface area contributed by atoms with Gasteiger partial charge in [0.1, 0.15) is 0 Å². The zero-order valence-electron chi connectivity index (χ0n) is 13.1. The van der Waals surface area contributed by atoms with Gasteiger partial charge in [-0.05, 0) is 19.1 Å². The van der Waals surface area contributed by atoms with E-state index in [2.05, 4.69) is 9.72 Å². The van der Waals surface area contributed by atoms with E-state index in [1.54, 1.807) is 11.3 Å². The fourth-order valence-electron chi connectivity index (χ4n) is 1.70. The van der Waals surface area contributed by atoms with E-state index in [0.29, 0.717) is 5.75 Å². The number of nitrogens with zero attached hydrogens (tertiary/aromatic N) is 1. The summed E-state index contributed by atoms with van der Waals surface area (Å²) in [4.78, 5) is 38.6. The number of methoxy groups -OCH3 is 1. The van der Waals surface area contributed by atoms with Crippen molar-refractivity contribution in [3.8, 4) is 0 Å². The molecule has 9 heteroatoms. The Kier molecular flexibility index (Phi) is 6.56. The lowest BCUT2D eigenvalue weighted by atomic mass is 10.3. The smallest absolute Gasteiger partial charge is 0.413 e. The Hall–Kier alpha value is -2.13. The van der Waals surface area contributed by atoms with Gasteiger partial charge in [0.15, 0.2) is 10.4 Å². The zero-order chi connectivity index (χ0) is 17.5. The molecule has 1 N–H and O–H groups in total. The molecule has 0 aliphatic heterocycles. The summed E-state index contributed by atoms with van der Waals surface area (Å²) in [5.74, 6) is -0.755. The highest BCUT2D eigenvalue weighted by atomic mass is 32.2. The highest BCUT2D eigenvalue weighted by Crippen LogP contribution is 2.29. The number of imide groups is 1. The number of ether oxygens (including phenoxy) is 2. The lowest BCUT2D eigenvalue weighted by molar-refractivity contribution is -0.154. The Morgan fingerprint density at radius 1 is 1.33 bits per heavy atom. The van der Waals surface area contributed by atoms with Crippen molar-refractivity contribution in [3.05, 3.63) is 24.3 Å². The van der Waals surface area contributed by atoms with Gasteiger partial charge in [-0.15, -0.1) is 11.3 Å². The minimum Gasteiger partial charge on any atom is -0.453 e. The van der Waals surface area contributed by atoms with E-state index in [4.69, 9.17) is 4.74 Å². The number of thiazole rings is 1. The Morgan fingerprint density at radius 2 is 2.08 bits per heavy atom. The summed E-state index contributed by atoms with van der Waals surface area (Å²) in [6.07, 6.45) is -1.82. The number of para-hydroxylation sites is 1. The van der Waals surface area contributed by atoms with E-state index in [1.807, 2.05) is 29.6 Å². The van der Waals surface area contributed by atoms with Gasteiger partial charge in [0.25, 0.3) is 5.91 Å². The molecule has 0 unspecified atom stereocenters. The number of alkyl carbamates (subject to hydrolysis) is 1. The second kappa shape index (κ2) is 8.65. The van der Waals surface area contributed by atoms with Crippen molar-refractivity contribution in [3.63, 3.8) is 0 Å². The average molecular weight is 368 g/mol. The summed E-state index contributed by atoms with van der Waals surface area (Å²) < 4.78 is 11.2. The van der Waals surface area contributed by atoms with Crippen LogP contribution in [-0.2, 0) is 19.1 Å². The molecule has 24 heavy (non-hydrogen) atoms. The summed E-state index contributed by atoms with van der Waals surface area (Å²) in [6, 6.07) is 7.81. The summed E-state index contributed by atoms with van der Waals surface area (Å²) in [6.45, 7) is 1.39. The molecule has 0 bridgehead atoms. The molecular weight excluding hydrogens is 352 g/mol. The number of fused-ring (bicyclic) bond motifs is 1. The molecule has 2 rings (SSSR count). The van der Waals surface area contributed by atoms with Gasteiger partial charge < -0.3 is 9.47 Å². The molecule has 1 atom stereocenters. The van der Waals surface area contributed by atoms with Gasteiger partial charge >= 0.3 is 12.1 Å². The molecule has 0 saturated heterocycles. The lowest BCUT2D eigenvalue weighted by Crippen LogP contribution is -2.39. The van der Waals surface area contributed by atoms with Crippen LogP contribution in [0.15, 0.2) is 28.6 Å². The van der Waals surface area contributed by atoms with Crippen LogP contribution in [0.5, 0.6) is 0 Å². The predicted molar refractivity (Wildman–Crippen MR) is 91.1 cm³/mol. The molecule has 0 aliphatic carbocycles. The Morgan fingerprint density at radius 3 is 2.79 bits per heavy atom. The second-order valence-electron chi connectivity index (χ2n) is 4.66. The first-order chi connectivity index (χ1) is 11.5. The van der Waals surface area contributed by atoms with E-state index in [9.17, 15) is 14.4 Å². The summed E-state index contributed by atoms with van der Waals surface area (Å²) in [7, 11) is 1.14. The first-order valence-electron chi connectivity index (χ1n) is 7.06. The van der Waals surface area contributed by atoms with Crippen LogP contribution < -0.4 is 5.32 Å². The molecule has 0 radical (unpaired) electrons. The van der Waals surface area contributed by atoms with Gasteiger partial charge in [-0.2, -0.15) is 0 Å². The third-order valence-corrected chi connectivity index (χ3v) is 5.08. The van der Waals surface area contributed by atoms with Gasteiger partial charge in [0.2, 0.25) is 0 Å². The standard InChI is InChI=1S/C15H16N2O5S2/c1-9(13(19)17-14(20)21-2)22-12(18)7-8-23-15-16-10-5-3-4-6-11(10)24-15/h3-6,9H,7-8H2,1-2H3,(H,17,19,20)/t9-/m0/s1. The van der Waals surface area contributed by atoms with Gasteiger partial charge in [-0.1, -0.05) is 23.9 Å². The first-order valence-corrected chi connectivity index (χ1v) is 8.86. The maximum Gasteiger partial charge on any atom is 0.413 e. The minimum absolute atomic E-state index is 0.135. The van der Waals surface area contributed by atoms with Crippen LogP contribution in [0, 0.1) is 0 Å². The number of rotatable bonds is 6. The molecule has 0 saturated carbocycles. The number of carbonyl (C=O) groups excluding carboxylic acids is 3. The number of hydrogen-bond donors (Lipinski definition) is 1. The van der Waals surface area contributed by atoms with Crippen molar-refractivity contribution in [2.75, 3.05) is 12.9 Å². The molecule has 1 heterocycles. The molecule has 128 valence electrons. The largest absolute Gasteiger partial charge is 0.453 e. The Bertz CT molecular complexity index is 713. The quantitative estimate of drug-likeness (QED) is 0.618. The van der Waals surface area contributed by atoms with Crippen molar-refractivity contribution < 1.29 is 23.9 Å². The first kappa shape index (κ1) is 18.2. The fourth-order valence-corrected chi connectivity index (χ4v) is 3.76. The van der Waals surface area contributed by atoms with Crippen molar-refractivity contribution in [1.82, 2.24) is 10.3 Å². The van der Waals surface area contributed by atoms with Crippen molar-refractivity contribution >= 4 is 51.3 Å². The van der Waals surface area contributed by atoms with Crippen LogP contribution in [0.1, 0.15) is 13.3 Å². The molecule has 0 fully saturated rings. The molecule has 7 nitrogen and oxygen atoms in total. The Balaban J connectivity index is 1.74. The molecule has 2 aromatic rings. The second-order valence-corrected chi connectivity index (χ2v) is 7.03. The van der Waals surface area contributed by atoms with Crippen LogP contribution in [0.25, 0.3) is 10.2 Å². The van der Waals surface area contributed by atoms with Gasteiger partial charge in [-0.25, -0.2) is 9.78 Å². The maximum absolute atomic E-state index is 11.7. The number of esters is 1. The van der Waals surface area contributed by atoms with Crippen LogP contribution >= 0.6 is 23.1 Å². The van der Waals surface area contributed by atoms with Gasteiger partial charge in [0.05, 0.1) is 23.7 Å². The van der Waals surface area contributed by atoms with Gasteiger partial charge in [0, 0.05) is 5.75 Å². The number of hydrogen-bond acceptors (Lipinski definition) is 8. The van der Waals surface area contributed by atoms with E-state index in [1.165, 1.54) is 18.7 Å².